The number of aliphatic carboxylic acids is 1. The molecule has 0 radical (unpaired) electrons. The number of anilines is 1. The van der Waals surface area contributed by atoms with Gasteiger partial charge >= 0.3 is 5.97 Å². The van der Waals surface area contributed by atoms with Crippen LogP contribution in [0.25, 0.3) is 0 Å². The molecule has 0 aliphatic heterocycles. The van der Waals surface area contributed by atoms with E-state index in [0.717, 1.165) is 5.56 Å². The van der Waals surface area contributed by atoms with E-state index in [-0.39, 0.29) is 12.2 Å². The summed E-state index contributed by atoms with van der Waals surface area (Å²) in [4.78, 5) is 22.9. The maximum Gasteiger partial charge on any atom is 0.323 e. The minimum Gasteiger partial charge on any atom is -0.480 e. The van der Waals surface area contributed by atoms with Crippen molar-refractivity contribution >= 4 is 29.2 Å². The molecule has 0 spiro atoms. The van der Waals surface area contributed by atoms with E-state index in [2.05, 4.69) is 5.32 Å². The zero-order chi connectivity index (χ0) is 14.7. The first-order valence-corrected chi connectivity index (χ1v) is 6.29. The van der Waals surface area contributed by atoms with E-state index in [1.807, 2.05) is 13.0 Å². The van der Waals surface area contributed by atoms with Gasteiger partial charge in [0.15, 0.2) is 0 Å². The minimum absolute atomic E-state index is 0.267. The highest BCUT2D eigenvalue weighted by Crippen LogP contribution is 2.23. The van der Waals surface area contributed by atoms with Crippen molar-refractivity contribution in [2.24, 2.45) is 0 Å². The van der Waals surface area contributed by atoms with E-state index in [4.69, 9.17) is 16.7 Å². The van der Waals surface area contributed by atoms with E-state index in [1.165, 1.54) is 4.57 Å². The Morgan fingerprint density at radius 1 is 1.35 bits per heavy atom. The first kappa shape index (κ1) is 14.1. The van der Waals surface area contributed by atoms with Gasteiger partial charge in [0.1, 0.15) is 12.2 Å². The maximum absolute atomic E-state index is 12.2. The van der Waals surface area contributed by atoms with Gasteiger partial charge in [-0.1, -0.05) is 17.7 Å². The van der Waals surface area contributed by atoms with Crippen LogP contribution < -0.4 is 5.32 Å². The zero-order valence-corrected chi connectivity index (χ0v) is 11.5. The lowest BCUT2D eigenvalue weighted by Crippen LogP contribution is -2.19. The lowest BCUT2D eigenvalue weighted by molar-refractivity contribution is -0.137. The van der Waals surface area contributed by atoms with Gasteiger partial charge in [0, 0.05) is 6.20 Å². The Morgan fingerprint density at radius 3 is 2.80 bits per heavy atom. The fourth-order valence-corrected chi connectivity index (χ4v) is 1.99. The number of hydrogen-bond acceptors (Lipinski definition) is 2. The topological polar surface area (TPSA) is 71.3 Å². The summed E-state index contributed by atoms with van der Waals surface area (Å²) in [5, 5.41) is 11.9. The van der Waals surface area contributed by atoms with E-state index < -0.39 is 11.9 Å². The molecule has 0 bridgehead atoms. The summed E-state index contributed by atoms with van der Waals surface area (Å²) in [7, 11) is 0. The molecule has 2 aromatic rings. The highest BCUT2D eigenvalue weighted by molar-refractivity contribution is 6.33. The van der Waals surface area contributed by atoms with Crippen LogP contribution in [-0.2, 0) is 11.3 Å². The SMILES string of the molecule is Cc1ccc(Cl)c(NC(=O)c2cccn2CC(=O)O)c1. The van der Waals surface area contributed by atoms with Crippen LogP contribution >= 0.6 is 11.6 Å². The van der Waals surface area contributed by atoms with Gasteiger partial charge in [0.2, 0.25) is 0 Å². The van der Waals surface area contributed by atoms with Crippen molar-refractivity contribution in [3.63, 3.8) is 0 Å². The van der Waals surface area contributed by atoms with E-state index >= 15 is 0 Å². The molecule has 0 saturated carbocycles. The second kappa shape index (κ2) is 5.79. The molecule has 5 nitrogen and oxygen atoms in total. The Morgan fingerprint density at radius 2 is 2.10 bits per heavy atom. The van der Waals surface area contributed by atoms with Crippen molar-refractivity contribution in [3.05, 3.63) is 52.8 Å². The van der Waals surface area contributed by atoms with Crippen molar-refractivity contribution < 1.29 is 14.7 Å². The molecule has 2 rings (SSSR count). The molecule has 0 aliphatic rings. The highest BCUT2D eigenvalue weighted by Gasteiger charge is 2.14. The highest BCUT2D eigenvalue weighted by atomic mass is 35.5. The third-order valence-corrected chi connectivity index (χ3v) is 3.07. The molecular weight excluding hydrogens is 280 g/mol. The number of aryl methyl sites for hydroxylation is 1. The van der Waals surface area contributed by atoms with Gasteiger partial charge in [0.25, 0.3) is 5.91 Å². The van der Waals surface area contributed by atoms with Crippen LogP contribution in [0.2, 0.25) is 5.02 Å². The van der Waals surface area contributed by atoms with Crippen molar-refractivity contribution in [2.75, 3.05) is 5.32 Å². The average molecular weight is 293 g/mol. The number of aromatic nitrogens is 1. The number of rotatable bonds is 4. The number of benzene rings is 1. The van der Waals surface area contributed by atoms with Gasteiger partial charge in [-0.3, -0.25) is 9.59 Å². The summed E-state index contributed by atoms with van der Waals surface area (Å²) < 4.78 is 1.36. The molecule has 1 amide bonds. The largest absolute Gasteiger partial charge is 0.480 e. The number of halogens is 1. The van der Waals surface area contributed by atoms with Crippen molar-refractivity contribution in [2.45, 2.75) is 13.5 Å². The van der Waals surface area contributed by atoms with Crippen LogP contribution in [-0.4, -0.2) is 21.6 Å². The maximum atomic E-state index is 12.2. The number of amides is 1. The number of carbonyl (C=O) groups excluding carboxylic acids is 1. The van der Waals surface area contributed by atoms with E-state index in [0.29, 0.717) is 10.7 Å². The standard InChI is InChI=1S/C14H13ClN2O3/c1-9-4-5-10(15)11(7-9)16-14(20)12-3-2-6-17(12)8-13(18)19/h2-7H,8H2,1H3,(H,16,20)(H,18,19). The lowest BCUT2D eigenvalue weighted by atomic mass is 10.2. The number of hydrogen-bond donors (Lipinski definition) is 2. The molecule has 1 aromatic carbocycles. The molecule has 0 fully saturated rings. The van der Waals surface area contributed by atoms with Gasteiger partial charge in [-0.05, 0) is 36.8 Å². The second-order valence-corrected chi connectivity index (χ2v) is 4.76. The normalized spacial score (nSPS) is 10.3. The molecular formula is C14H13ClN2O3. The van der Waals surface area contributed by atoms with Crippen molar-refractivity contribution in [1.82, 2.24) is 4.57 Å². The van der Waals surface area contributed by atoms with Crippen LogP contribution in [0.3, 0.4) is 0 Å². The van der Waals surface area contributed by atoms with E-state index in [9.17, 15) is 9.59 Å². The van der Waals surface area contributed by atoms with Crippen molar-refractivity contribution in [1.29, 1.82) is 0 Å². The monoisotopic (exact) mass is 292 g/mol. The van der Waals surface area contributed by atoms with Crippen LogP contribution in [0.1, 0.15) is 16.1 Å². The Bertz CT molecular complexity index is 664. The Labute approximate surface area is 120 Å². The number of nitrogens with zero attached hydrogens (tertiary/aromatic N) is 1. The molecule has 0 atom stereocenters. The molecule has 20 heavy (non-hydrogen) atoms. The van der Waals surface area contributed by atoms with Gasteiger partial charge < -0.3 is 15.0 Å². The van der Waals surface area contributed by atoms with Crippen LogP contribution in [0, 0.1) is 6.92 Å². The minimum atomic E-state index is -1.01. The summed E-state index contributed by atoms with van der Waals surface area (Å²) in [6, 6.07) is 8.47. The first-order chi connectivity index (χ1) is 9.47. The molecule has 2 N–H and O–H groups in total. The average Bonchev–Trinajstić information content (AvgIpc) is 2.81. The van der Waals surface area contributed by atoms with Gasteiger partial charge in [-0.2, -0.15) is 0 Å². The second-order valence-electron chi connectivity index (χ2n) is 4.35. The smallest absolute Gasteiger partial charge is 0.323 e. The fraction of sp³-hybridized carbons (Fsp3) is 0.143. The summed E-state index contributed by atoms with van der Waals surface area (Å²) in [6.07, 6.45) is 1.54. The first-order valence-electron chi connectivity index (χ1n) is 5.92. The molecule has 0 saturated heterocycles. The molecule has 0 aliphatic carbocycles. The zero-order valence-electron chi connectivity index (χ0n) is 10.8. The summed E-state index contributed by atoms with van der Waals surface area (Å²) in [5.41, 5.74) is 1.73. The number of nitrogens with one attached hydrogen (secondary N) is 1. The summed E-state index contributed by atoms with van der Waals surface area (Å²) >= 11 is 6.01. The summed E-state index contributed by atoms with van der Waals surface area (Å²) in [6.45, 7) is 1.62. The lowest BCUT2D eigenvalue weighted by Gasteiger charge is -2.10. The van der Waals surface area contributed by atoms with Gasteiger partial charge in [-0.25, -0.2) is 0 Å². The van der Waals surface area contributed by atoms with Crippen LogP contribution in [0.5, 0.6) is 0 Å². The Hall–Kier alpha value is -2.27. The fourth-order valence-electron chi connectivity index (χ4n) is 1.83. The predicted octanol–water partition coefficient (Wildman–Crippen LogP) is 2.79. The quantitative estimate of drug-likeness (QED) is 0.910. The van der Waals surface area contributed by atoms with Crippen molar-refractivity contribution in [3.8, 4) is 0 Å². The Kier molecular flexibility index (Phi) is 4.10. The number of carboxylic acids is 1. The molecule has 1 aromatic heterocycles. The third kappa shape index (κ3) is 3.19. The molecule has 104 valence electrons. The molecule has 1 heterocycles. The number of carbonyl (C=O) groups is 2. The van der Waals surface area contributed by atoms with Crippen LogP contribution in [0.4, 0.5) is 5.69 Å². The van der Waals surface area contributed by atoms with Crippen LogP contribution in [0.15, 0.2) is 36.5 Å². The Balaban J connectivity index is 2.22. The third-order valence-electron chi connectivity index (χ3n) is 2.74. The summed E-state index contributed by atoms with van der Waals surface area (Å²) in [5.74, 6) is -1.41. The van der Waals surface area contributed by atoms with E-state index in [1.54, 1.807) is 30.5 Å². The van der Waals surface area contributed by atoms with Gasteiger partial charge in [-0.15, -0.1) is 0 Å². The molecule has 6 heteroatoms. The van der Waals surface area contributed by atoms with Gasteiger partial charge in [0.05, 0.1) is 10.7 Å². The molecule has 0 unspecified atom stereocenters. The number of carboxylic acid groups (broad SMARTS) is 1. The predicted molar refractivity (Wildman–Crippen MR) is 76.2 cm³/mol.